The molecule has 23 heavy (non-hydrogen) atoms. The number of para-hydroxylation sites is 1. The number of nitrogens with one attached hydrogen (secondary N) is 2. The predicted molar refractivity (Wildman–Crippen MR) is 81.2 cm³/mol. The summed E-state index contributed by atoms with van der Waals surface area (Å²) in [5.74, 6) is -1.79. The SMILES string of the molecule is CC(=O)Nc1nc(NC(=O)CCC(=O)O)n(-c2ccccc2)n1. The number of rotatable bonds is 6. The van der Waals surface area contributed by atoms with Crippen LogP contribution < -0.4 is 10.6 Å². The van der Waals surface area contributed by atoms with E-state index < -0.39 is 11.9 Å². The van der Waals surface area contributed by atoms with Gasteiger partial charge in [0.05, 0.1) is 12.1 Å². The average molecular weight is 317 g/mol. The number of benzene rings is 1. The summed E-state index contributed by atoms with van der Waals surface area (Å²) in [6, 6.07) is 8.88. The molecule has 1 aromatic heterocycles. The lowest BCUT2D eigenvalue weighted by Crippen LogP contribution is -2.16. The van der Waals surface area contributed by atoms with Crippen molar-refractivity contribution in [2.45, 2.75) is 19.8 Å². The highest BCUT2D eigenvalue weighted by Gasteiger charge is 2.15. The van der Waals surface area contributed by atoms with Gasteiger partial charge in [0.1, 0.15) is 0 Å². The van der Waals surface area contributed by atoms with E-state index in [1.54, 1.807) is 24.3 Å². The van der Waals surface area contributed by atoms with Crippen molar-refractivity contribution in [2.75, 3.05) is 10.6 Å². The molecule has 0 unspecified atom stereocenters. The normalized spacial score (nSPS) is 10.1. The molecule has 0 saturated heterocycles. The third-order valence-electron chi connectivity index (χ3n) is 2.71. The van der Waals surface area contributed by atoms with E-state index in [1.165, 1.54) is 11.6 Å². The minimum absolute atomic E-state index is 0.0369. The van der Waals surface area contributed by atoms with Crippen LogP contribution in [0, 0.1) is 0 Å². The molecule has 2 amide bonds. The molecule has 0 bridgehead atoms. The summed E-state index contributed by atoms with van der Waals surface area (Å²) in [5.41, 5.74) is 0.630. The summed E-state index contributed by atoms with van der Waals surface area (Å²) >= 11 is 0. The zero-order valence-electron chi connectivity index (χ0n) is 12.3. The van der Waals surface area contributed by atoms with E-state index in [4.69, 9.17) is 5.11 Å². The van der Waals surface area contributed by atoms with Gasteiger partial charge in [-0.25, -0.2) is 0 Å². The van der Waals surface area contributed by atoms with Gasteiger partial charge in [0.25, 0.3) is 5.95 Å². The van der Waals surface area contributed by atoms with Gasteiger partial charge in [0.2, 0.25) is 17.8 Å². The predicted octanol–water partition coefficient (Wildman–Crippen LogP) is 1.03. The first-order valence-electron chi connectivity index (χ1n) is 6.77. The summed E-state index contributed by atoms with van der Waals surface area (Å²) in [6.07, 6.45) is -0.476. The van der Waals surface area contributed by atoms with E-state index in [9.17, 15) is 14.4 Å². The van der Waals surface area contributed by atoms with Crippen LogP contribution in [-0.4, -0.2) is 37.7 Å². The molecule has 0 fully saturated rings. The first-order valence-corrected chi connectivity index (χ1v) is 6.77. The van der Waals surface area contributed by atoms with Crippen molar-refractivity contribution in [1.29, 1.82) is 0 Å². The molecule has 9 heteroatoms. The van der Waals surface area contributed by atoms with Crippen LogP contribution >= 0.6 is 0 Å². The highest BCUT2D eigenvalue weighted by Crippen LogP contribution is 2.16. The van der Waals surface area contributed by atoms with Crippen LogP contribution in [0.25, 0.3) is 5.69 Å². The Morgan fingerprint density at radius 2 is 1.83 bits per heavy atom. The standard InChI is InChI=1S/C14H15N5O4/c1-9(20)15-13-17-14(16-11(21)7-8-12(22)23)19(18-13)10-5-3-2-4-6-10/h2-6H,7-8H2,1H3,(H,22,23)(H2,15,16,17,18,20,21). The number of nitrogens with zero attached hydrogens (tertiary/aromatic N) is 3. The Bertz CT molecular complexity index is 726. The number of carbonyl (C=O) groups excluding carboxylic acids is 2. The molecule has 0 aliphatic heterocycles. The highest BCUT2D eigenvalue weighted by atomic mass is 16.4. The molecule has 0 aliphatic carbocycles. The number of anilines is 2. The van der Waals surface area contributed by atoms with Crippen LogP contribution in [-0.2, 0) is 14.4 Å². The van der Waals surface area contributed by atoms with E-state index in [0.29, 0.717) is 5.69 Å². The molecule has 0 spiro atoms. The second kappa shape index (κ2) is 7.16. The summed E-state index contributed by atoms with van der Waals surface area (Å²) < 4.78 is 1.35. The van der Waals surface area contributed by atoms with Crippen molar-refractivity contribution < 1.29 is 19.5 Å². The molecule has 9 nitrogen and oxygen atoms in total. The van der Waals surface area contributed by atoms with Crippen LogP contribution in [0.15, 0.2) is 30.3 Å². The van der Waals surface area contributed by atoms with E-state index in [0.717, 1.165) is 0 Å². The zero-order valence-corrected chi connectivity index (χ0v) is 12.3. The minimum atomic E-state index is -1.07. The Morgan fingerprint density at radius 1 is 1.13 bits per heavy atom. The van der Waals surface area contributed by atoms with Crippen LogP contribution in [0.5, 0.6) is 0 Å². The first kappa shape index (κ1) is 16.1. The third kappa shape index (κ3) is 4.63. The molecule has 2 aromatic rings. The Balaban J connectivity index is 2.25. The van der Waals surface area contributed by atoms with Crippen LogP contribution in [0.1, 0.15) is 19.8 Å². The number of aromatic nitrogens is 3. The van der Waals surface area contributed by atoms with Crippen LogP contribution in [0.3, 0.4) is 0 Å². The van der Waals surface area contributed by atoms with Gasteiger partial charge in [0.15, 0.2) is 0 Å². The quantitative estimate of drug-likeness (QED) is 0.730. The molecule has 2 rings (SSSR count). The minimum Gasteiger partial charge on any atom is -0.481 e. The maximum Gasteiger partial charge on any atom is 0.303 e. The maximum atomic E-state index is 11.8. The molecule has 0 atom stereocenters. The molecular formula is C14H15N5O4. The third-order valence-corrected chi connectivity index (χ3v) is 2.71. The van der Waals surface area contributed by atoms with Gasteiger partial charge >= 0.3 is 5.97 Å². The van der Waals surface area contributed by atoms with E-state index >= 15 is 0 Å². The van der Waals surface area contributed by atoms with Crippen molar-refractivity contribution in [3.63, 3.8) is 0 Å². The maximum absolute atomic E-state index is 11.8. The fourth-order valence-electron chi connectivity index (χ4n) is 1.76. The molecule has 0 saturated carbocycles. The van der Waals surface area contributed by atoms with E-state index in [1.807, 2.05) is 6.07 Å². The van der Waals surface area contributed by atoms with Crippen molar-refractivity contribution in [1.82, 2.24) is 14.8 Å². The lowest BCUT2D eigenvalue weighted by molar-refractivity contribution is -0.138. The molecule has 1 heterocycles. The number of hydrogen-bond donors (Lipinski definition) is 3. The largest absolute Gasteiger partial charge is 0.481 e. The van der Waals surface area contributed by atoms with E-state index in [2.05, 4.69) is 20.7 Å². The van der Waals surface area contributed by atoms with Gasteiger partial charge in [-0.1, -0.05) is 18.2 Å². The second-order valence-corrected chi connectivity index (χ2v) is 4.63. The molecule has 0 aliphatic rings. The zero-order chi connectivity index (χ0) is 16.8. The molecule has 3 N–H and O–H groups in total. The molecule has 120 valence electrons. The van der Waals surface area contributed by atoms with E-state index in [-0.39, 0.29) is 30.6 Å². The molecule has 0 radical (unpaired) electrons. The number of carbonyl (C=O) groups is 3. The first-order chi connectivity index (χ1) is 11.0. The van der Waals surface area contributed by atoms with Gasteiger partial charge in [-0.3, -0.25) is 25.0 Å². The van der Waals surface area contributed by atoms with Gasteiger partial charge in [-0.15, -0.1) is 5.10 Å². The average Bonchev–Trinajstić information content (AvgIpc) is 2.87. The van der Waals surface area contributed by atoms with Gasteiger partial charge < -0.3 is 5.11 Å². The summed E-state index contributed by atoms with van der Waals surface area (Å²) in [5, 5.41) is 17.6. The van der Waals surface area contributed by atoms with Crippen molar-refractivity contribution >= 4 is 29.7 Å². The summed E-state index contributed by atoms with van der Waals surface area (Å²) in [4.78, 5) is 37.4. The Labute approximate surface area is 131 Å². The lowest BCUT2D eigenvalue weighted by Gasteiger charge is -2.06. The van der Waals surface area contributed by atoms with Gasteiger partial charge in [0, 0.05) is 13.3 Å². The van der Waals surface area contributed by atoms with Crippen LogP contribution in [0.2, 0.25) is 0 Å². The lowest BCUT2D eigenvalue weighted by atomic mass is 10.3. The molecule has 1 aromatic carbocycles. The molecular weight excluding hydrogens is 302 g/mol. The topological polar surface area (TPSA) is 126 Å². The highest BCUT2D eigenvalue weighted by molar-refractivity contribution is 5.92. The smallest absolute Gasteiger partial charge is 0.303 e. The van der Waals surface area contributed by atoms with Crippen molar-refractivity contribution in [2.24, 2.45) is 0 Å². The number of hydrogen-bond acceptors (Lipinski definition) is 5. The second-order valence-electron chi connectivity index (χ2n) is 4.63. The van der Waals surface area contributed by atoms with Crippen molar-refractivity contribution in [3.8, 4) is 5.69 Å². The van der Waals surface area contributed by atoms with Gasteiger partial charge in [-0.05, 0) is 12.1 Å². The Morgan fingerprint density at radius 3 is 2.43 bits per heavy atom. The fraction of sp³-hybridized carbons (Fsp3) is 0.214. The van der Waals surface area contributed by atoms with Gasteiger partial charge in [-0.2, -0.15) is 9.67 Å². The number of carboxylic acid groups (broad SMARTS) is 1. The fourth-order valence-corrected chi connectivity index (χ4v) is 1.76. The van der Waals surface area contributed by atoms with Crippen molar-refractivity contribution in [3.05, 3.63) is 30.3 Å². The number of amides is 2. The summed E-state index contributed by atoms with van der Waals surface area (Å²) in [7, 11) is 0. The Kier molecular flexibility index (Phi) is 5.03. The summed E-state index contributed by atoms with van der Waals surface area (Å²) in [6.45, 7) is 1.31. The number of aliphatic carboxylic acids is 1. The monoisotopic (exact) mass is 317 g/mol. The number of carboxylic acids is 1. The Hall–Kier alpha value is -3.23. The van der Waals surface area contributed by atoms with Crippen LogP contribution in [0.4, 0.5) is 11.9 Å².